The summed E-state index contributed by atoms with van der Waals surface area (Å²) in [6.45, 7) is 2.63. The molecule has 2 heterocycles. The summed E-state index contributed by atoms with van der Waals surface area (Å²) < 4.78 is 0. The van der Waals surface area contributed by atoms with Crippen LogP contribution in [0, 0.1) is 5.92 Å². The Bertz CT molecular complexity index is 684. The van der Waals surface area contributed by atoms with E-state index in [9.17, 15) is 14.7 Å². The predicted molar refractivity (Wildman–Crippen MR) is 89.6 cm³/mol. The van der Waals surface area contributed by atoms with Crippen LogP contribution in [0.4, 0.5) is 0 Å². The monoisotopic (exact) mass is 329 g/mol. The summed E-state index contributed by atoms with van der Waals surface area (Å²) in [4.78, 5) is 26.0. The number of likely N-dealkylation sites (tertiary alicyclic amines) is 1. The van der Waals surface area contributed by atoms with Crippen LogP contribution in [-0.4, -0.2) is 35.0 Å². The van der Waals surface area contributed by atoms with Gasteiger partial charge in [-0.25, -0.2) is 0 Å². The number of hydrogen-bond donors (Lipinski definition) is 1. The fourth-order valence-corrected chi connectivity index (χ4v) is 3.96. The highest BCUT2D eigenvalue weighted by Gasteiger charge is 2.41. The zero-order valence-electron chi connectivity index (χ0n) is 12.9. The van der Waals surface area contributed by atoms with Crippen LogP contribution in [0.1, 0.15) is 29.9 Å². The lowest BCUT2D eigenvalue weighted by Gasteiger charge is -2.20. The van der Waals surface area contributed by atoms with Crippen molar-refractivity contribution in [3.63, 3.8) is 0 Å². The highest BCUT2D eigenvalue weighted by atomic mass is 32.1. The minimum absolute atomic E-state index is 0.00748. The molecule has 1 fully saturated rings. The van der Waals surface area contributed by atoms with Crippen LogP contribution in [-0.2, 0) is 9.59 Å². The molecule has 5 heteroatoms. The Labute approximate surface area is 139 Å². The molecule has 1 aliphatic heterocycles. The Kier molecular flexibility index (Phi) is 4.48. The average molecular weight is 329 g/mol. The number of carboxylic acid groups (broad SMARTS) is 1. The van der Waals surface area contributed by atoms with Gasteiger partial charge in [-0.3, -0.25) is 9.59 Å². The molecule has 4 nitrogen and oxygen atoms in total. The van der Waals surface area contributed by atoms with E-state index in [0.717, 1.165) is 11.1 Å². The number of benzene rings is 1. The van der Waals surface area contributed by atoms with Crippen LogP contribution in [0.15, 0.2) is 47.2 Å². The average Bonchev–Trinajstić information content (AvgIpc) is 3.24. The highest BCUT2D eigenvalue weighted by Crippen LogP contribution is 2.34. The quantitative estimate of drug-likeness (QED) is 0.937. The smallest absolute Gasteiger partial charge is 0.308 e. The number of hydrogen-bond acceptors (Lipinski definition) is 3. The molecule has 1 aliphatic rings. The zero-order valence-corrected chi connectivity index (χ0v) is 13.7. The molecule has 1 saturated heterocycles. The van der Waals surface area contributed by atoms with Crippen LogP contribution in [0.25, 0.3) is 0 Å². The maximum Gasteiger partial charge on any atom is 0.308 e. The molecular formula is C18H19NO3S. The number of nitrogens with zero attached hydrogens (tertiary/aromatic N) is 1. The van der Waals surface area contributed by atoms with E-state index < -0.39 is 11.9 Å². The SMILES string of the molecule is CC(C(=O)N1C[C@H](C(=O)O)[C@H](c2ccccc2)C1)c1ccsc1. The minimum Gasteiger partial charge on any atom is -0.481 e. The molecule has 1 aromatic heterocycles. The molecule has 0 radical (unpaired) electrons. The second kappa shape index (κ2) is 6.54. The molecule has 1 amide bonds. The molecule has 23 heavy (non-hydrogen) atoms. The van der Waals surface area contributed by atoms with E-state index in [4.69, 9.17) is 0 Å². The Balaban J connectivity index is 1.80. The normalized spacial score (nSPS) is 22.0. The van der Waals surface area contributed by atoms with Crippen LogP contribution >= 0.6 is 11.3 Å². The van der Waals surface area contributed by atoms with E-state index in [0.29, 0.717) is 6.54 Å². The number of carbonyl (C=O) groups excluding carboxylic acids is 1. The molecule has 0 spiro atoms. The summed E-state index contributed by atoms with van der Waals surface area (Å²) in [5, 5.41) is 13.5. The molecule has 0 bridgehead atoms. The van der Waals surface area contributed by atoms with E-state index in [2.05, 4.69) is 0 Å². The molecule has 0 saturated carbocycles. The third kappa shape index (κ3) is 3.15. The van der Waals surface area contributed by atoms with Gasteiger partial charge in [-0.1, -0.05) is 30.3 Å². The first kappa shape index (κ1) is 15.7. The maximum absolute atomic E-state index is 12.7. The molecule has 1 unspecified atom stereocenters. The van der Waals surface area contributed by atoms with Gasteiger partial charge in [0.05, 0.1) is 11.8 Å². The number of thiophene rings is 1. The Morgan fingerprint density at radius 2 is 1.96 bits per heavy atom. The van der Waals surface area contributed by atoms with Crippen LogP contribution < -0.4 is 0 Å². The van der Waals surface area contributed by atoms with Gasteiger partial charge in [0, 0.05) is 19.0 Å². The van der Waals surface area contributed by atoms with E-state index in [1.54, 1.807) is 16.2 Å². The van der Waals surface area contributed by atoms with E-state index in [-0.39, 0.29) is 24.3 Å². The first-order valence-electron chi connectivity index (χ1n) is 7.66. The summed E-state index contributed by atoms with van der Waals surface area (Å²) in [5.41, 5.74) is 1.98. The Hall–Kier alpha value is -2.14. The van der Waals surface area contributed by atoms with Gasteiger partial charge >= 0.3 is 5.97 Å². The van der Waals surface area contributed by atoms with Gasteiger partial charge < -0.3 is 10.0 Å². The van der Waals surface area contributed by atoms with E-state index >= 15 is 0 Å². The van der Waals surface area contributed by atoms with Gasteiger partial charge in [0.2, 0.25) is 5.91 Å². The number of rotatable bonds is 4. The summed E-state index contributed by atoms with van der Waals surface area (Å²) in [5.74, 6) is -1.75. The summed E-state index contributed by atoms with van der Waals surface area (Å²) in [7, 11) is 0. The first-order chi connectivity index (χ1) is 11.1. The number of carbonyl (C=O) groups is 2. The number of amides is 1. The van der Waals surface area contributed by atoms with Gasteiger partial charge in [0.25, 0.3) is 0 Å². The zero-order chi connectivity index (χ0) is 16.4. The Morgan fingerprint density at radius 3 is 2.57 bits per heavy atom. The molecule has 0 aliphatic carbocycles. The van der Waals surface area contributed by atoms with Crippen molar-refractivity contribution in [1.82, 2.24) is 4.90 Å². The van der Waals surface area contributed by atoms with Gasteiger partial charge in [-0.2, -0.15) is 11.3 Å². The summed E-state index contributed by atoms with van der Waals surface area (Å²) >= 11 is 1.57. The van der Waals surface area contributed by atoms with E-state index in [1.165, 1.54) is 0 Å². The van der Waals surface area contributed by atoms with Crippen molar-refractivity contribution >= 4 is 23.2 Å². The Morgan fingerprint density at radius 1 is 1.22 bits per heavy atom. The fourth-order valence-electron chi connectivity index (χ4n) is 3.21. The standard InChI is InChI=1S/C18H19NO3S/c1-12(14-7-8-23-11-14)17(20)19-9-15(16(10-19)18(21)22)13-5-3-2-4-6-13/h2-8,11-12,15-16H,9-10H2,1H3,(H,21,22)/t12?,15-,16-/m0/s1. The van der Waals surface area contributed by atoms with Crippen LogP contribution in [0.3, 0.4) is 0 Å². The fraction of sp³-hybridized carbons (Fsp3) is 0.333. The molecule has 3 atom stereocenters. The lowest BCUT2D eigenvalue weighted by atomic mass is 9.89. The lowest BCUT2D eigenvalue weighted by Crippen LogP contribution is -2.33. The lowest BCUT2D eigenvalue weighted by molar-refractivity contribution is -0.141. The second-order valence-corrected chi connectivity index (χ2v) is 6.76. The molecule has 120 valence electrons. The molecule has 2 aromatic rings. The maximum atomic E-state index is 12.7. The third-order valence-corrected chi connectivity index (χ3v) is 5.29. The molecular weight excluding hydrogens is 310 g/mol. The summed E-state index contributed by atoms with van der Waals surface area (Å²) in [6, 6.07) is 11.6. The largest absolute Gasteiger partial charge is 0.481 e. The first-order valence-corrected chi connectivity index (χ1v) is 8.61. The molecule has 3 rings (SSSR count). The van der Waals surface area contributed by atoms with E-state index in [1.807, 2.05) is 54.1 Å². The van der Waals surface area contributed by atoms with Crippen molar-refractivity contribution in [2.75, 3.05) is 13.1 Å². The highest BCUT2D eigenvalue weighted by molar-refractivity contribution is 7.08. The number of carboxylic acids is 1. The van der Waals surface area contributed by atoms with Crippen molar-refractivity contribution < 1.29 is 14.7 Å². The number of aliphatic carboxylic acids is 1. The predicted octanol–water partition coefficient (Wildman–Crippen LogP) is 3.18. The van der Waals surface area contributed by atoms with Crippen molar-refractivity contribution in [2.24, 2.45) is 5.92 Å². The van der Waals surface area contributed by atoms with Gasteiger partial charge in [0.15, 0.2) is 0 Å². The van der Waals surface area contributed by atoms with Crippen molar-refractivity contribution in [3.05, 3.63) is 58.3 Å². The molecule has 1 aromatic carbocycles. The van der Waals surface area contributed by atoms with Crippen LogP contribution in [0.5, 0.6) is 0 Å². The van der Waals surface area contributed by atoms with Crippen molar-refractivity contribution in [3.8, 4) is 0 Å². The minimum atomic E-state index is -0.836. The third-order valence-electron chi connectivity index (χ3n) is 4.59. The van der Waals surface area contributed by atoms with Gasteiger partial charge in [0.1, 0.15) is 0 Å². The van der Waals surface area contributed by atoms with Crippen molar-refractivity contribution in [1.29, 1.82) is 0 Å². The second-order valence-electron chi connectivity index (χ2n) is 5.98. The van der Waals surface area contributed by atoms with Gasteiger partial charge in [-0.15, -0.1) is 0 Å². The van der Waals surface area contributed by atoms with Crippen molar-refractivity contribution in [2.45, 2.75) is 18.8 Å². The topological polar surface area (TPSA) is 57.6 Å². The molecule has 1 N–H and O–H groups in total. The van der Waals surface area contributed by atoms with Gasteiger partial charge in [-0.05, 0) is 34.9 Å². The van der Waals surface area contributed by atoms with Crippen LogP contribution in [0.2, 0.25) is 0 Å². The summed E-state index contributed by atoms with van der Waals surface area (Å²) in [6.07, 6.45) is 0.